The Kier molecular flexibility index (Phi) is 5.30. The summed E-state index contributed by atoms with van der Waals surface area (Å²) >= 11 is 0. The van der Waals surface area contributed by atoms with Crippen LogP contribution in [0.1, 0.15) is 43.2 Å². The number of carbonyl (C=O) groups excluding carboxylic acids is 3. The lowest BCUT2D eigenvalue weighted by molar-refractivity contribution is -0.137. The van der Waals surface area contributed by atoms with Crippen molar-refractivity contribution in [3.05, 3.63) is 35.4 Å². The van der Waals surface area contributed by atoms with Gasteiger partial charge in [-0.2, -0.15) is 0 Å². The van der Waals surface area contributed by atoms with E-state index in [0.717, 1.165) is 30.6 Å². The summed E-state index contributed by atoms with van der Waals surface area (Å²) in [6.45, 7) is 2.33. The molecule has 0 atom stereocenters. The van der Waals surface area contributed by atoms with Gasteiger partial charge < -0.3 is 10.2 Å². The summed E-state index contributed by atoms with van der Waals surface area (Å²) in [7, 11) is 1.68. The minimum absolute atomic E-state index is 0.197. The van der Waals surface area contributed by atoms with Gasteiger partial charge in [0, 0.05) is 13.6 Å². The van der Waals surface area contributed by atoms with E-state index in [4.69, 9.17) is 0 Å². The van der Waals surface area contributed by atoms with E-state index in [1.54, 1.807) is 11.9 Å². The van der Waals surface area contributed by atoms with Crippen molar-refractivity contribution in [1.82, 2.24) is 15.1 Å². The topological polar surface area (TPSA) is 69.7 Å². The lowest BCUT2D eigenvalue weighted by atomic mass is 9.81. The predicted molar refractivity (Wildman–Crippen MR) is 98.6 cm³/mol. The van der Waals surface area contributed by atoms with Crippen LogP contribution in [-0.4, -0.2) is 53.3 Å². The van der Waals surface area contributed by atoms with E-state index in [9.17, 15) is 14.4 Å². The second-order valence-corrected chi connectivity index (χ2v) is 7.35. The number of benzene rings is 1. The van der Waals surface area contributed by atoms with Crippen LogP contribution in [0.2, 0.25) is 0 Å². The lowest BCUT2D eigenvalue weighted by Crippen LogP contribution is -2.49. The molecule has 140 valence electrons. The molecule has 1 aliphatic carbocycles. The number of hydrogen-bond acceptors (Lipinski definition) is 3. The van der Waals surface area contributed by atoms with Crippen molar-refractivity contribution in [2.75, 3.05) is 20.1 Å². The van der Waals surface area contributed by atoms with E-state index in [2.05, 4.69) is 5.32 Å². The summed E-state index contributed by atoms with van der Waals surface area (Å²) in [6.07, 6.45) is 5.10. The smallest absolute Gasteiger partial charge is 0.327 e. The lowest BCUT2D eigenvalue weighted by Gasteiger charge is -2.35. The third kappa shape index (κ3) is 3.32. The molecule has 0 radical (unpaired) electrons. The number of likely N-dealkylation sites (N-methyl/N-ethyl adjacent to an activating group) is 1. The van der Waals surface area contributed by atoms with Crippen LogP contribution >= 0.6 is 0 Å². The number of nitrogens with one attached hydrogen (secondary N) is 1. The molecule has 2 aliphatic rings. The Hall–Kier alpha value is -2.37. The van der Waals surface area contributed by atoms with E-state index in [1.165, 1.54) is 11.1 Å². The highest BCUT2D eigenvalue weighted by Crippen LogP contribution is 2.39. The van der Waals surface area contributed by atoms with Crippen molar-refractivity contribution in [3.8, 4) is 0 Å². The Labute approximate surface area is 154 Å². The van der Waals surface area contributed by atoms with Gasteiger partial charge in [-0.25, -0.2) is 4.79 Å². The van der Waals surface area contributed by atoms with Crippen LogP contribution in [0.4, 0.5) is 4.79 Å². The van der Waals surface area contributed by atoms with Gasteiger partial charge in [0.25, 0.3) is 5.91 Å². The summed E-state index contributed by atoms with van der Waals surface area (Å²) in [5.41, 5.74) is 1.64. The first kappa shape index (κ1) is 18.4. The molecule has 1 saturated carbocycles. The maximum absolute atomic E-state index is 12.9. The zero-order valence-corrected chi connectivity index (χ0v) is 15.6. The van der Waals surface area contributed by atoms with Gasteiger partial charge in [-0.15, -0.1) is 0 Å². The van der Waals surface area contributed by atoms with E-state index >= 15 is 0 Å². The highest BCUT2D eigenvalue weighted by Gasteiger charge is 2.55. The molecule has 2 fully saturated rings. The number of carbonyl (C=O) groups is 3. The van der Waals surface area contributed by atoms with Gasteiger partial charge in [0.1, 0.15) is 12.1 Å². The molecule has 0 aromatic heterocycles. The van der Waals surface area contributed by atoms with Crippen molar-refractivity contribution in [3.63, 3.8) is 0 Å². The molecule has 1 aliphatic heterocycles. The third-order valence-electron chi connectivity index (χ3n) is 5.76. The Morgan fingerprint density at radius 3 is 2.54 bits per heavy atom. The zero-order valence-electron chi connectivity index (χ0n) is 15.6. The number of aryl methyl sites for hydroxylation is 1. The Morgan fingerprint density at radius 1 is 1.15 bits per heavy atom. The van der Waals surface area contributed by atoms with Gasteiger partial charge in [-0.05, 0) is 37.3 Å². The molecular weight excluding hydrogens is 330 g/mol. The van der Waals surface area contributed by atoms with E-state index in [0.29, 0.717) is 19.4 Å². The zero-order chi connectivity index (χ0) is 18.7. The maximum Gasteiger partial charge on any atom is 0.327 e. The van der Waals surface area contributed by atoms with Crippen LogP contribution < -0.4 is 5.32 Å². The molecule has 3 rings (SSSR count). The molecule has 1 aromatic carbocycles. The Balaban J connectivity index is 1.56. The quantitative estimate of drug-likeness (QED) is 0.822. The molecule has 1 heterocycles. The first-order valence-electron chi connectivity index (χ1n) is 9.37. The van der Waals surface area contributed by atoms with Crippen molar-refractivity contribution in [2.45, 2.75) is 51.0 Å². The van der Waals surface area contributed by atoms with Gasteiger partial charge in [0.15, 0.2) is 0 Å². The van der Waals surface area contributed by atoms with Crippen molar-refractivity contribution in [2.24, 2.45) is 0 Å². The minimum atomic E-state index is -0.725. The number of urea groups is 1. The monoisotopic (exact) mass is 357 g/mol. The fourth-order valence-electron chi connectivity index (χ4n) is 4.10. The van der Waals surface area contributed by atoms with E-state index < -0.39 is 5.54 Å². The minimum Gasteiger partial charge on any atom is -0.354 e. The average Bonchev–Trinajstić information content (AvgIpc) is 2.80. The van der Waals surface area contributed by atoms with Crippen LogP contribution in [-0.2, 0) is 16.0 Å². The molecule has 6 nitrogen and oxygen atoms in total. The summed E-state index contributed by atoms with van der Waals surface area (Å²) in [4.78, 5) is 40.3. The molecule has 0 unspecified atom stereocenters. The summed E-state index contributed by atoms with van der Waals surface area (Å²) in [5.74, 6) is -0.500. The fourth-order valence-corrected chi connectivity index (χ4v) is 4.10. The van der Waals surface area contributed by atoms with Crippen LogP contribution in [0.25, 0.3) is 0 Å². The van der Waals surface area contributed by atoms with Gasteiger partial charge in [0.2, 0.25) is 5.91 Å². The van der Waals surface area contributed by atoms with Crippen LogP contribution in [0, 0.1) is 6.92 Å². The molecule has 0 bridgehead atoms. The molecule has 1 spiro atoms. The highest BCUT2D eigenvalue weighted by atomic mass is 16.2. The second-order valence-electron chi connectivity index (χ2n) is 7.35. The molecule has 1 N–H and O–H groups in total. The van der Waals surface area contributed by atoms with Crippen LogP contribution in [0.15, 0.2) is 24.3 Å². The standard InChI is InChI=1S/C20H27N3O3/c1-15-8-4-5-9-16(15)10-13-21-17(24)14-23-18(25)20(22(2)19(23)26)11-6-3-7-12-20/h4-5,8-9H,3,6-7,10-14H2,1-2H3,(H,21,24). The van der Waals surface area contributed by atoms with Crippen LogP contribution in [0.3, 0.4) is 0 Å². The molecular formula is C20H27N3O3. The molecule has 1 aromatic rings. The number of hydrogen-bond donors (Lipinski definition) is 1. The predicted octanol–water partition coefficient (Wildman–Crippen LogP) is 2.25. The molecule has 4 amide bonds. The number of amides is 4. The normalized spacial score (nSPS) is 19.3. The van der Waals surface area contributed by atoms with Crippen molar-refractivity contribution in [1.29, 1.82) is 0 Å². The molecule has 6 heteroatoms. The number of nitrogens with zero attached hydrogens (tertiary/aromatic N) is 2. The van der Waals surface area contributed by atoms with Gasteiger partial charge in [0.05, 0.1) is 0 Å². The van der Waals surface area contributed by atoms with Crippen molar-refractivity contribution >= 4 is 17.8 Å². The second kappa shape index (κ2) is 7.48. The number of imide groups is 1. The number of rotatable bonds is 5. The third-order valence-corrected chi connectivity index (χ3v) is 5.76. The van der Waals surface area contributed by atoms with Gasteiger partial charge in [-0.3, -0.25) is 14.5 Å². The van der Waals surface area contributed by atoms with E-state index in [1.807, 2.05) is 31.2 Å². The summed E-state index contributed by atoms with van der Waals surface area (Å²) in [6, 6.07) is 7.69. The Bertz CT molecular complexity index is 710. The van der Waals surface area contributed by atoms with Gasteiger partial charge >= 0.3 is 6.03 Å². The molecule has 26 heavy (non-hydrogen) atoms. The molecule has 1 saturated heterocycles. The van der Waals surface area contributed by atoms with Gasteiger partial charge in [-0.1, -0.05) is 43.5 Å². The van der Waals surface area contributed by atoms with Crippen LogP contribution in [0.5, 0.6) is 0 Å². The maximum atomic E-state index is 12.9. The highest BCUT2D eigenvalue weighted by molar-refractivity contribution is 6.08. The summed E-state index contributed by atoms with van der Waals surface area (Å²) in [5, 5.41) is 2.83. The first-order chi connectivity index (χ1) is 12.5. The summed E-state index contributed by atoms with van der Waals surface area (Å²) < 4.78 is 0. The fraction of sp³-hybridized carbons (Fsp3) is 0.550. The van der Waals surface area contributed by atoms with Crippen molar-refractivity contribution < 1.29 is 14.4 Å². The first-order valence-corrected chi connectivity index (χ1v) is 9.37. The van der Waals surface area contributed by atoms with E-state index in [-0.39, 0.29) is 24.4 Å². The SMILES string of the molecule is Cc1ccccc1CCNC(=O)CN1C(=O)N(C)C2(CCCCC2)C1=O. The largest absolute Gasteiger partial charge is 0.354 e. The average molecular weight is 357 g/mol. The Morgan fingerprint density at radius 2 is 1.85 bits per heavy atom.